The second-order valence-electron chi connectivity index (χ2n) is 7.68. The molecule has 12 heteroatoms. The number of hydrogen-bond acceptors (Lipinski definition) is 8. The lowest BCUT2D eigenvalue weighted by molar-refractivity contribution is 0.103. The highest BCUT2D eigenvalue weighted by molar-refractivity contribution is 7.17. The van der Waals surface area contributed by atoms with Gasteiger partial charge in [0.2, 0.25) is 12.6 Å². The van der Waals surface area contributed by atoms with Crippen LogP contribution in [-0.2, 0) is 14.1 Å². The first-order valence-electron chi connectivity index (χ1n) is 10.1. The Kier molecular flexibility index (Phi) is 5.24. The van der Waals surface area contributed by atoms with Crippen molar-refractivity contribution in [1.29, 1.82) is 0 Å². The molecule has 5 rings (SSSR count). The van der Waals surface area contributed by atoms with Crippen LogP contribution in [-0.4, -0.2) is 26.7 Å². The fourth-order valence-electron chi connectivity index (χ4n) is 3.68. The molecule has 1 aliphatic rings. The highest BCUT2D eigenvalue weighted by Gasteiger charge is 2.28. The van der Waals surface area contributed by atoms with E-state index < -0.39 is 34.2 Å². The maximum atomic E-state index is 14.5. The van der Waals surface area contributed by atoms with Gasteiger partial charge in [-0.3, -0.25) is 18.7 Å². The van der Waals surface area contributed by atoms with E-state index in [4.69, 9.17) is 15.2 Å². The van der Waals surface area contributed by atoms with Gasteiger partial charge in [0.25, 0.3) is 5.56 Å². The summed E-state index contributed by atoms with van der Waals surface area (Å²) in [5.41, 5.74) is 4.65. The molecular formula is C23H16F2N4O5S. The van der Waals surface area contributed by atoms with Crippen molar-refractivity contribution in [3.63, 3.8) is 0 Å². The Morgan fingerprint density at radius 2 is 1.80 bits per heavy atom. The molecule has 0 bridgehead atoms. The van der Waals surface area contributed by atoms with Crippen LogP contribution in [0.1, 0.15) is 15.2 Å². The minimum atomic E-state index is -0.916. The molecule has 1 aliphatic heterocycles. The molecule has 35 heavy (non-hydrogen) atoms. The van der Waals surface area contributed by atoms with Crippen molar-refractivity contribution >= 4 is 22.9 Å². The lowest BCUT2D eigenvalue weighted by Gasteiger charge is -2.09. The summed E-state index contributed by atoms with van der Waals surface area (Å²) >= 11 is 0.779. The van der Waals surface area contributed by atoms with Crippen LogP contribution < -0.4 is 26.5 Å². The zero-order valence-corrected chi connectivity index (χ0v) is 19.1. The van der Waals surface area contributed by atoms with Gasteiger partial charge in [-0.05, 0) is 36.4 Å². The number of nitrogens with two attached hydrogens (primary N) is 1. The Labute approximate surface area is 199 Å². The second kappa shape index (κ2) is 8.17. The Morgan fingerprint density at radius 1 is 1.06 bits per heavy atom. The van der Waals surface area contributed by atoms with Crippen LogP contribution >= 0.6 is 11.3 Å². The molecule has 0 unspecified atom stereocenters. The van der Waals surface area contributed by atoms with Crippen molar-refractivity contribution in [2.45, 2.75) is 0 Å². The summed E-state index contributed by atoms with van der Waals surface area (Å²) in [6.07, 6.45) is 0. The number of anilines is 1. The Hall–Kier alpha value is -4.32. The third-order valence-corrected chi connectivity index (χ3v) is 6.65. The van der Waals surface area contributed by atoms with Gasteiger partial charge in [0.05, 0.1) is 11.3 Å². The second-order valence-corrected chi connectivity index (χ2v) is 8.68. The first-order valence-corrected chi connectivity index (χ1v) is 11.0. The molecule has 0 radical (unpaired) electrons. The topological polar surface area (TPSA) is 118 Å². The van der Waals surface area contributed by atoms with Crippen LogP contribution in [0.15, 0.2) is 46.0 Å². The molecule has 0 saturated carbocycles. The van der Waals surface area contributed by atoms with Crippen molar-refractivity contribution in [3.8, 4) is 33.3 Å². The van der Waals surface area contributed by atoms with E-state index in [1.807, 2.05) is 0 Å². The van der Waals surface area contributed by atoms with E-state index in [0.717, 1.165) is 38.7 Å². The van der Waals surface area contributed by atoms with Crippen LogP contribution in [0.5, 0.6) is 11.5 Å². The number of carbonyl (C=O) groups is 1. The maximum absolute atomic E-state index is 14.5. The fraction of sp³-hybridized carbons (Fsp3) is 0.130. The average Bonchev–Trinajstić information content (AvgIpc) is 3.49. The predicted octanol–water partition coefficient (Wildman–Crippen LogP) is 2.69. The van der Waals surface area contributed by atoms with Gasteiger partial charge >= 0.3 is 5.69 Å². The van der Waals surface area contributed by atoms with Gasteiger partial charge in [-0.2, -0.15) is 0 Å². The third kappa shape index (κ3) is 3.58. The first-order chi connectivity index (χ1) is 16.7. The summed E-state index contributed by atoms with van der Waals surface area (Å²) in [4.78, 5) is 43.0. The van der Waals surface area contributed by atoms with Crippen LogP contribution in [0, 0.1) is 11.6 Å². The zero-order chi connectivity index (χ0) is 25.0. The molecular weight excluding hydrogens is 482 g/mol. The number of benzene rings is 2. The first kappa shape index (κ1) is 22.5. The van der Waals surface area contributed by atoms with E-state index in [1.54, 1.807) is 18.2 Å². The SMILES string of the molecule is Cn1c(N)c(-c2nc(-c3ccc4c(c3)OCO4)c(C(=O)c3cc(F)ccc3F)s2)c(=O)n(C)c1=O. The molecule has 2 aromatic heterocycles. The number of carbonyl (C=O) groups excluding carboxylic acids is 1. The van der Waals surface area contributed by atoms with Crippen molar-refractivity contribution < 1.29 is 23.0 Å². The van der Waals surface area contributed by atoms with Crippen molar-refractivity contribution in [3.05, 3.63) is 79.3 Å². The zero-order valence-electron chi connectivity index (χ0n) is 18.3. The smallest absolute Gasteiger partial charge is 0.332 e. The molecule has 4 aromatic rings. The lowest BCUT2D eigenvalue weighted by atomic mass is 10.0. The summed E-state index contributed by atoms with van der Waals surface area (Å²) in [5, 5.41) is 0.0338. The number of fused-ring (bicyclic) bond motifs is 1. The largest absolute Gasteiger partial charge is 0.454 e. The number of ether oxygens (including phenoxy) is 2. The highest BCUT2D eigenvalue weighted by atomic mass is 32.1. The minimum absolute atomic E-state index is 0.0199. The maximum Gasteiger partial charge on any atom is 0.332 e. The summed E-state index contributed by atoms with van der Waals surface area (Å²) in [7, 11) is 2.68. The number of nitrogens with zero attached hydrogens (tertiary/aromatic N) is 3. The quantitative estimate of drug-likeness (QED) is 0.430. The van der Waals surface area contributed by atoms with Crippen LogP contribution in [0.2, 0.25) is 0 Å². The van der Waals surface area contributed by atoms with Gasteiger partial charge in [-0.25, -0.2) is 18.6 Å². The molecule has 0 atom stereocenters. The van der Waals surface area contributed by atoms with Gasteiger partial charge in [0, 0.05) is 19.7 Å². The predicted molar refractivity (Wildman–Crippen MR) is 124 cm³/mol. The lowest BCUT2D eigenvalue weighted by Crippen LogP contribution is -2.39. The van der Waals surface area contributed by atoms with Gasteiger partial charge in [-0.1, -0.05) is 0 Å². The van der Waals surface area contributed by atoms with Crippen LogP contribution in [0.25, 0.3) is 21.8 Å². The molecule has 2 N–H and O–H groups in total. The Bertz CT molecular complexity index is 1660. The van der Waals surface area contributed by atoms with Crippen molar-refractivity contribution in [2.24, 2.45) is 14.1 Å². The molecule has 9 nitrogen and oxygen atoms in total. The van der Waals surface area contributed by atoms with Crippen LogP contribution in [0.4, 0.5) is 14.6 Å². The number of aromatic nitrogens is 3. The Balaban J connectivity index is 1.77. The summed E-state index contributed by atoms with van der Waals surface area (Å²) in [6.45, 7) is 0.0199. The van der Waals surface area contributed by atoms with E-state index in [-0.39, 0.29) is 33.8 Å². The molecule has 0 fully saturated rings. The molecule has 2 aromatic carbocycles. The van der Waals surface area contributed by atoms with E-state index in [0.29, 0.717) is 17.1 Å². The summed E-state index contributed by atoms with van der Waals surface area (Å²) < 4.78 is 41.0. The monoisotopic (exact) mass is 498 g/mol. The van der Waals surface area contributed by atoms with Crippen molar-refractivity contribution in [1.82, 2.24) is 14.1 Å². The molecule has 0 amide bonds. The van der Waals surface area contributed by atoms with Crippen molar-refractivity contribution in [2.75, 3.05) is 12.5 Å². The van der Waals surface area contributed by atoms with E-state index in [9.17, 15) is 23.2 Å². The number of hydrogen-bond donors (Lipinski definition) is 1. The van der Waals surface area contributed by atoms with E-state index >= 15 is 0 Å². The summed E-state index contributed by atoms with van der Waals surface area (Å²) in [5.74, 6) is -1.80. The number of nitrogen functional groups attached to an aromatic ring is 1. The fourth-order valence-corrected chi connectivity index (χ4v) is 4.76. The van der Waals surface area contributed by atoms with Gasteiger partial charge < -0.3 is 15.2 Å². The number of halogens is 2. The minimum Gasteiger partial charge on any atom is -0.454 e. The van der Waals surface area contributed by atoms with Gasteiger partial charge in [-0.15, -0.1) is 11.3 Å². The third-order valence-electron chi connectivity index (χ3n) is 5.58. The number of thiazole rings is 1. The van der Waals surface area contributed by atoms with Crippen LogP contribution in [0.3, 0.4) is 0 Å². The standard InChI is InChI=1S/C23H16F2N4O5S/c1-28-20(26)16(22(31)29(2)23(28)32)21-27-17(10-3-6-14-15(7-10)34-9-33-14)19(35-21)18(30)12-8-11(24)4-5-13(12)25/h3-8H,9,26H2,1-2H3. The normalized spacial score (nSPS) is 12.2. The Morgan fingerprint density at radius 3 is 2.57 bits per heavy atom. The van der Waals surface area contributed by atoms with E-state index in [1.165, 1.54) is 14.1 Å². The van der Waals surface area contributed by atoms with Gasteiger partial charge in [0.15, 0.2) is 11.5 Å². The average molecular weight is 498 g/mol. The number of rotatable bonds is 4. The summed E-state index contributed by atoms with van der Waals surface area (Å²) in [6, 6.07) is 7.37. The molecule has 178 valence electrons. The molecule has 0 spiro atoms. The molecule has 0 saturated heterocycles. The highest BCUT2D eigenvalue weighted by Crippen LogP contribution is 2.40. The number of ketones is 1. The molecule has 3 heterocycles. The van der Waals surface area contributed by atoms with Gasteiger partial charge in [0.1, 0.15) is 32.9 Å². The molecule has 0 aliphatic carbocycles. The van der Waals surface area contributed by atoms with E-state index in [2.05, 4.69) is 4.98 Å².